The zero-order valence-corrected chi connectivity index (χ0v) is 9.77. The van der Waals surface area contributed by atoms with Crippen molar-refractivity contribution in [2.45, 2.75) is 19.9 Å². The molecule has 1 atom stereocenters. The fourth-order valence-electron chi connectivity index (χ4n) is 1.14. The van der Waals surface area contributed by atoms with Gasteiger partial charge < -0.3 is 15.3 Å². The molecule has 5 heteroatoms. The normalized spacial score (nSPS) is 12.0. The molecule has 0 fully saturated rings. The van der Waals surface area contributed by atoms with Crippen molar-refractivity contribution in [1.82, 2.24) is 9.88 Å². The molecule has 0 bridgehead atoms. The maximum atomic E-state index is 11.7. The predicted octanol–water partition coefficient (Wildman–Crippen LogP) is 1.23. The number of anilines is 1. The fourth-order valence-corrected chi connectivity index (χ4v) is 1.14. The molecule has 1 aromatic heterocycles. The molecule has 0 aromatic carbocycles. The summed E-state index contributed by atoms with van der Waals surface area (Å²) in [5.74, 6) is 0. The Balaban J connectivity index is 2.68. The first-order chi connectivity index (χ1) is 7.56. The average Bonchev–Trinajstić information content (AvgIpc) is 2.30. The summed E-state index contributed by atoms with van der Waals surface area (Å²) in [6, 6.07) is 1.29. The first-order valence-electron chi connectivity index (χ1n) is 5.11. The first-order valence-corrected chi connectivity index (χ1v) is 5.11. The van der Waals surface area contributed by atoms with Gasteiger partial charge in [-0.05, 0) is 25.5 Å². The number of aliphatic hydroxyl groups is 1. The molecule has 0 spiro atoms. The number of likely N-dealkylation sites (N-methyl/N-ethyl adjacent to an activating group) is 1. The van der Waals surface area contributed by atoms with Crippen LogP contribution in [0.3, 0.4) is 0 Å². The highest BCUT2D eigenvalue weighted by molar-refractivity contribution is 5.90. The number of nitrogens with one attached hydrogen (secondary N) is 1. The van der Waals surface area contributed by atoms with E-state index in [4.69, 9.17) is 5.11 Å². The molecule has 0 saturated carbocycles. The van der Waals surface area contributed by atoms with Crippen molar-refractivity contribution in [2.75, 3.05) is 19.0 Å². The van der Waals surface area contributed by atoms with Crippen LogP contribution in [0.5, 0.6) is 0 Å². The smallest absolute Gasteiger partial charge is 0.321 e. The number of hydrogen-bond acceptors (Lipinski definition) is 3. The number of aromatic nitrogens is 1. The summed E-state index contributed by atoms with van der Waals surface area (Å²) in [7, 11) is 1.65. The fraction of sp³-hybridized carbons (Fsp3) is 0.455. The van der Waals surface area contributed by atoms with Gasteiger partial charge in [-0.1, -0.05) is 0 Å². The minimum atomic E-state index is -0.240. The van der Waals surface area contributed by atoms with Gasteiger partial charge in [0, 0.05) is 25.1 Å². The van der Waals surface area contributed by atoms with Gasteiger partial charge in [0.05, 0.1) is 12.6 Å². The molecule has 2 amide bonds. The van der Waals surface area contributed by atoms with Crippen LogP contribution in [0, 0.1) is 6.92 Å². The van der Waals surface area contributed by atoms with Crippen LogP contribution in [0.1, 0.15) is 12.5 Å². The molecule has 1 rings (SSSR count). The molecule has 0 aliphatic rings. The van der Waals surface area contributed by atoms with E-state index in [1.807, 2.05) is 6.92 Å². The average molecular weight is 223 g/mol. The van der Waals surface area contributed by atoms with E-state index < -0.39 is 0 Å². The van der Waals surface area contributed by atoms with Crippen LogP contribution in [0.2, 0.25) is 0 Å². The van der Waals surface area contributed by atoms with Crippen LogP contribution in [0.4, 0.5) is 10.5 Å². The Morgan fingerprint density at radius 2 is 2.38 bits per heavy atom. The summed E-state index contributed by atoms with van der Waals surface area (Å²) >= 11 is 0. The molecule has 5 nitrogen and oxygen atoms in total. The highest BCUT2D eigenvalue weighted by Crippen LogP contribution is 2.12. The summed E-state index contributed by atoms with van der Waals surface area (Å²) < 4.78 is 0. The van der Waals surface area contributed by atoms with Crippen molar-refractivity contribution in [2.24, 2.45) is 0 Å². The van der Waals surface area contributed by atoms with Gasteiger partial charge in [0.25, 0.3) is 0 Å². The number of urea groups is 1. The molecule has 1 unspecified atom stereocenters. The van der Waals surface area contributed by atoms with Gasteiger partial charge in [0.15, 0.2) is 0 Å². The molecule has 0 aliphatic carbocycles. The van der Waals surface area contributed by atoms with Crippen LogP contribution >= 0.6 is 0 Å². The minimum Gasteiger partial charge on any atom is -0.394 e. The van der Waals surface area contributed by atoms with Crippen molar-refractivity contribution < 1.29 is 9.90 Å². The Morgan fingerprint density at radius 3 is 2.94 bits per heavy atom. The number of aliphatic hydroxyl groups excluding tert-OH is 1. The third-order valence-corrected chi connectivity index (χ3v) is 2.51. The van der Waals surface area contributed by atoms with Gasteiger partial charge in [-0.2, -0.15) is 0 Å². The van der Waals surface area contributed by atoms with Crippen molar-refractivity contribution in [3.05, 3.63) is 24.0 Å². The van der Waals surface area contributed by atoms with Crippen LogP contribution in [0.25, 0.3) is 0 Å². The van der Waals surface area contributed by atoms with E-state index in [0.29, 0.717) is 0 Å². The lowest BCUT2D eigenvalue weighted by Gasteiger charge is -2.23. The number of rotatable bonds is 3. The summed E-state index contributed by atoms with van der Waals surface area (Å²) in [5, 5.41) is 11.7. The van der Waals surface area contributed by atoms with Crippen LogP contribution in [-0.4, -0.2) is 40.7 Å². The Kier molecular flexibility index (Phi) is 4.25. The van der Waals surface area contributed by atoms with Crippen molar-refractivity contribution in [1.29, 1.82) is 0 Å². The molecular formula is C11H17N3O2. The van der Waals surface area contributed by atoms with Gasteiger partial charge in [0.2, 0.25) is 0 Å². The lowest BCUT2D eigenvalue weighted by molar-refractivity contribution is 0.166. The molecule has 16 heavy (non-hydrogen) atoms. The largest absolute Gasteiger partial charge is 0.394 e. The zero-order chi connectivity index (χ0) is 12.1. The molecule has 88 valence electrons. The summed E-state index contributed by atoms with van der Waals surface area (Å²) in [5.41, 5.74) is 1.64. The number of carbonyl (C=O) groups excluding carboxylic acids is 1. The second-order valence-corrected chi connectivity index (χ2v) is 3.76. The Bertz CT molecular complexity index is 368. The Morgan fingerprint density at radius 1 is 1.69 bits per heavy atom. The van der Waals surface area contributed by atoms with Crippen LogP contribution in [0.15, 0.2) is 18.5 Å². The lowest BCUT2D eigenvalue weighted by Crippen LogP contribution is -2.40. The van der Waals surface area contributed by atoms with E-state index in [1.54, 1.807) is 32.4 Å². The highest BCUT2D eigenvalue weighted by Gasteiger charge is 2.15. The number of amides is 2. The van der Waals surface area contributed by atoms with Crippen molar-refractivity contribution >= 4 is 11.7 Å². The molecule has 1 aromatic rings. The van der Waals surface area contributed by atoms with E-state index >= 15 is 0 Å². The molecule has 2 N–H and O–H groups in total. The zero-order valence-electron chi connectivity index (χ0n) is 9.77. The standard InChI is InChI=1S/C11H17N3O2/c1-8-6-12-5-4-10(8)13-11(16)14(3)9(2)7-15/h4-6,9,15H,7H2,1-3H3,(H,12,13,16). The minimum absolute atomic E-state index is 0.0563. The molecule has 0 radical (unpaired) electrons. The van der Waals surface area contributed by atoms with E-state index in [0.717, 1.165) is 11.3 Å². The lowest BCUT2D eigenvalue weighted by atomic mass is 10.2. The maximum Gasteiger partial charge on any atom is 0.321 e. The monoisotopic (exact) mass is 223 g/mol. The molecular weight excluding hydrogens is 206 g/mol. The van der Waals surface area contributed by atoms with E-state index in [1.165, 1.54) is 4.90 Å². The second-order valence-electron chi connectivity index (χ2n) is 3.76. The van der Waals surface area contributed by atoms with Crippen LogP contribution in [-0.2, 0) is 0 Å². The Labute approximate surface area is 95.1 Å². The number of nitrogens with zero attached hydrogens (tertiary/aromatic N) is 2. The predicted molar refractivity (Wildman–Crippen MR) is 62.3 cm³/mol. The summed E-state index contributed by atoms with van der Waals surface area (Å²) in [4.78, 5) is 17.1. The third-order valence-electron chi connectivity index (χ3n) is 2.51. The second kappa shape index (κ2) is 5.46. The van der Waals surface area contributed by atoms with Gasteiger partial charge in [-0.25, -0.2) is 4.79 Å². The molecule has 0 saturated heterocycles. The number of aryl methyl sites for hydroxylation is 1. The van der Waals surface area contributed by atoms with E-state index in [-0.39, 0.29) is 18.7 Å². The first kappa shape index (κ1) is 12.4. The van der Waals surface area contributed by atoms with Crippen molar-refractivity contribution in [3.8, 4) is 0 Å². The third kappa shape index (κ3) is 2.93. The van der Waals surface area contributed by atoms with E-state index in [2.05, 4.69) is 10.3 Å². The van der Waals surface area contributed by atoms with Gasteiger partial charge in [-0.3, -0.25) is 4.98 Å². The quantitative estimate of drug-likeness (QED) is 0.810. The number of hydrogen-bond donors (Lipinski definition) is 2. The summed E-state index contributed by atoms with van der Waals surface area (Å²) in [6.07, 6.45) is 3.31. The maximum absolute atomic E-state index is 11.7. The molecule has 0 aliphatic heterocycles. The Hall–Kier alpha value is -1.62. The van der Waals surface area contributed by atoms with Gasteiger partial charge >= 0.3 is 6.03 Å². The SMILES string of the molecule is Cc1cnccc1NC(=O)N(C)C(C)CO. The van der Waals surface area contributed by atoms with Crippen molar-refractivity contribution in [3.63, 3.8) is 0 Å². The van der Waals surface area contributed by atoms with E-state index in [9.17, 15) is 4.79 Å². The van der Waals surface area contributed by atoms with Crippen LogP contribution < -0.4 is 5.32 Å². The highest BCUT2D eigenvalue weighted by atomic mass is 16.3. The summed E-state index contributed by atoms with van der Waals surface area (Å²) in [6.45, 7) is 3.59. The van der Waals surface area contributed by atoms with Gasteiger partial charge in [0.1, 0.15) is 0 Å². The number of pyridine rings is 1. The van der Waals surface area contributed by atoms with Gasteiger partial charge in [-0.15, -0.1) is 0 Å². The topological polar surface area (TPSA) is 65.5 Å². The number of carbonyl (C=O) groups is 1. The molecule has 1 heterocycles.